The molecule has 0 atom stereocenters. The number of carbonyl (C=O) groups is 2. The number of hydrogen-bond acceptors (Lipinski definition) is 7. The Balaban J connectivity index is 2.13. The summed E-state index contributed by atoms with van der Waals surface area (Å²) in [5, 5.41) is 13.3. The summed E-state index contributed by atoms with van der Waals surface area (Å²) in [5.41, 5.74) is 2.70. The zero-order valence-electron chi connectivity index (χ0n) is 18.5. The maximum atomic E-state index is 13.3. The predicted octanol–water partition coefficient (Wildman–Crippen LogP) is 4.84. The minimum atomic E-state index is -0.400. The summed E-state index contributed by atoms with van der Waals surface area (Å²) in [6.07, 6.45) is 0. The number of para-hydroxylation sites is 1. The highest BCUT2D eigenvalue weighted by Gasteiger charge is 2.25. The Morgan fingerprint density at radius 1 is 1.12 bits per heavy atom. The van der Waals surface area contributed by atoms with Crippen LogP contribution in [0.25, 0.3) is 11.1 Å². The van der Waals surface area contributed by atoms with Gasteiger partial charge in [0, 0.05) is 11.3 Å². The van der Waals surface area contributed by atoms with E-state index >= 15 is 0 Å². The Kier molecular flexibility index (Phi) is 8.06. The predicted molar refractivity (Wildman–Crippen MR) is 127 cm³/mol. The molecule has 7 nitrogen and oxygen atoms in total. The van der Waals surface area contributed by atoms with Crippen molar-refractivity contribution in [3.8, 4) is 22.9 Å². The average Bonchev–Trinajstić information content (AvgIpc) is 2.83. The standard InChI is InChI=1S/C25H23N3O4S/c1-4-32-21(29)15-33-25-20(14-26)23(17-10-12-19(31-3)13-11-17)22(16(2)27-25)24(30)28-18-8-6-5-7-9-18/h5-13H,4,15H2,1-3H3,(H,28,30). The largest absolute Gasteiger partial charge is 0.497 e. The van der Waals surface area contributed by atoms with Crippen molar-refractivity contribution in [2.24, 2.45) is 0 Å². The third-order valence-corrected chi connectivity index (χ3v) is 5.68. The lowest BCUT2D eigenvalue weighted by molar-refractivity contribution is -0.139. The van der Waals surface area contributed by atoms with E-state index in [0.29, 0.717) is 38.8 Å². The zero-order valence-corrected chi connectivity index (χ0v) is 19.4. The molecular weight excluding hydrogens is 438 g/mol. The number of aryl methyl sites for hydroxylation is 1. The number of nitrogens with one attached hydrogen (secondary N) is 1. The molecule has 3 rings (SSSR count). The van der Waals surface area contributed by atoms with Gasteiger partial charge in [-0.25, -0.2) is 4.98 Å². The molecule has 1 heterocycles. The lowest BCUT2D eigenvalue weighted by Gasteiger charge is -2.17. The number of anilines is 1. The number of ether oxygens (including phenoxy) is 2. The highest BCUT2D eigenvalue weighted by Crippen LogP contribution is 2.36. The Labute approximate surface area is 196 Å². The number of methoxy groups -OCH3 is 1. The smallest absolute Gasteiger partial charge is 0.316 e. The molecule has 1 N–H and O–H groups in total. The molecule has 3 aromatic rings. The average molecular weight is 462 g/mol. The Morgan fingerprint density at radius 2 is 1.82 bits per heavy atom. The molecule has 2 aromatic carbocycles. The van der Waals surface area contributed by atoms with Crippen molar-refractivity contribution in [1.29, 1.82) is 5.26 Å². The summed E-state index contributed by atoms with van der Waals surface area (Å²) >= 11 is 1.11. The summed E-state index contributed by atoms with van der Waals surface area (Å²) < 4.78 is 10.2. The maximum Gasteiger partial charge on any atom is 0.316 e. The molecule has 0 unspecified atom stereocenters. The topological polar surface area (TPSA) is 101 Å². The first-order valence-corrected chi connectivity index (χ1v) is 11.2. The quantitative estimate of drug-likeness (QED) is 0.378. The van der Waals surface area contributed by atoms with Gasteiger partial charge in [-0.3, -0.25) is 9.59 Å². The zero-order chi connectivity index (χ0) is 23.8. The van der Waals surface area contributed by atoms with Crippen LogP contribution in [-0.2, 0) is 9.53 Å². The molecule has 0 aliphatic carbocycles. The number of amides is 1. The van der Waals surface area contributed by atoms with E-state index in [9.17, 15) is 14.9 Å². The summed E-state index contributed by atoms with van der Waals surface area (Å²) in [7, 11) is 1.56. The van der Waals surface area contributed by atoms with E-state index in [-0.39, 0.29) is 23.8 Å². The molecular formula is C25H23N3O4S. The fourth-order valence-corrected chi connectivity index (χ4v) is 4.09. The van der Waals surface area contributed by atoms with Crippen LogP contribution in [-0.4, -0.2) is 36.3 Å². The van der Waals surface area contributed by atoms with Gasteiger partial charge < -0.3 is 14.8 Å². The SMILES string of the molecule is CCOC(=O)CSc1nc(C)c(C(=O)Nc2ccccc2)c(-c2ccc(OC)cc2)c1C#N. The number of benzene rings is 2. The molecule has 0 fully saturated rings. The molecule has 0 aliphatic rings. The second-order valence-electron chi connectivity index (χ2n) is 6.88. The van der Waals surface area contributed by atoms with E-state index in [2.05, 4.69) is 16.4 Å². The van der Waals surface area contributed by atoms with Crippen LogP contribution in [0.4, 0.5) is 5.69 Å². The molecule has 0 spiro atoms. The van der Waals surface area contributed by atoms with Gasteiger partial charge >= 0.3 is 5.97 Å². The molecule has 0 bridgehead atoms. The lowest BCUT2D eigenvalue weighted by atomic mass is 9.94. The Bertz CT molecular complexity index is 1190. The van der Waals surface area contributed by atoms with E-state index in [1.807, 2.05) is 18.2 Å². The van der Waals surface area contributed by atoms with Gasteiger partial charge in [0.1, 0.15) is 16.8 Å². The minimum Gasteiger partial charge on any atom is -0.497 e. The van der Waals surface area contributed by atoms with Gasteiger partial charge in [0.25, 0.3) is 5.91 Å². The fourth-order valence-electron chi connectivity index (χ4n) is 3.25. The molecule has 1 aromatic heterocycles. The summed E-state index contributed by atoms with van der Waals surface area (Å²) in [6, 6.07) is 18.3. The summed E-state index contributed by atoms with van der Waals surface area (Å²) in [4.78, 5) is 29.7. The van der Waals surface area contributed by atoms with Gasteiger partial charge in [0.15, 0.2) is 0 Å². The van der Waals surface area contributed by atoms with Gasteiger partial charge in [-0.2, -0.15) is 5.26 Å². The molecule has 0 aliphatic heterocycles. The number of nitriles is 1. The number of esters is 1. The van der Waals surface area contributed by atoms with Gasteiger partial charge in [-0.15, -0.1) is 0 Å². The van der Waals surface area contributed by atoms with E-state index in [1.54, 1.807) is 57.4 Å². The van der Waals surface area contributed by atoms with Crippen LogP contribution in [0.1, 0.15) is 28.5 Å². The van der Waals surface area contributed by atoms with Crippen LogP contribution in [0, 0.1) is 18.3 Å². The first-order chi connectivity index (χ1) is 16.0. The van der Waals surface area contributed by atoms with Crippen molar-refractivity contribution >= 4 is 29.3 Å². The lowest BCUT2D eigenvalue weighted by Crippen LogP contribution is -2.17. The van der Waals surface area contributed by atoms with Crippen molar-refractivity contribution in [3.05, 3.63) is 71.4 Å². The molecule has 0 saturated carbocycles. The second kappa shape index (κ2) is 11.2. The number of hydrogen-bond donors (Lipinski definition) is 1. The van der Waals surface area contributed by atoms with E-state index in [1.165, 1.54) is 0 Å². The normalized spacial score (nSPS) is 10.2. The number of thioether (sulfide) groups is 1. The highest BCUT2D eigenvalue weighted by atomic mass is 32.2. The van der Waals surface area contributed by atoms with Crippen LogP contribution in [0.15, 0.2) is 59.6 Å². The third kappa shape index (κ3) is 5.70. The van der Waals surface area contributed by atoms with E-state index < -0.39 is 5.97 Å². The van der Waals surface area contributed by atoms with Crippen molar-refractivity contribution in [3.63, 3.8) is 0 Å². The fraction of sp³-hybridized carbons (Fsp3) is 0.200. The van der Waals surface area contributed by atoms with Gasteiger partial charge in [0.2, 0.25) is 0 Å². The molecule has 0 saturated heterocycles. The summed E-state index contributed by atoms with van der Waals surface area (Å²) in [6.45, 7) is 3.71. The number of pyridine rings is 1. The number of rotatable bonds is 8. The van der Waals surface area contributed by atoms with Crippen molar-refractivity contribution in [2.75, 3.05) is 24.8 Å². The number of aromatic nitrogens is 1. The second-order valence-corrected chi connectivity index (χ2v) is 7.85. The number of carbonyl (C=O) groups excluding carboxylic acids is 2. The Hall–Kier alpha value is -3.83. The maximum absolute atomic E-state index is 13.3. The van der Waals surface area contributed by atoms with E-state index in [0.717, 1.165) is 11.8 Å². The number of nitrogens with zero attached hydrogens (tertiary/aromatic N) is 2. The van der Waals surface area contributed by atoms with Gasteiger partial charge in [-0.05, 0) is 43.7 Å². The first kappa shape index (κ1) is 23.8. The van der Waals surface area contributed by atoms with Crippen LogP contribution < -0.4 is 10.1 Å². The van der Waals surface area contributed by atoms with Crippen molar-refractivity contribution < 1.29 is 19.1 Å². The van der Waals surface area contributed by atoms with Gasteiger partial charge in [-0.1, -0.05) is 42.1 Å². The van der Waals surface area contributed by atoms with E-state index in [4.69, 9.17) is 9.47 Å². The molecule has 33 heavy (non-hydrogen) atoms. The van der Waals surface area contributed by atoms with Crippen molar-refractivity contribution in [1.82, 2.24) is 4.98 Å². The van der Waals surface area contributed by atoms with Crippen LogP contribution in [0.3, 0.4) is 0 Å². The van der Waals surface area contributed by atoms with Gasteiger partial charge in [0.05, 0.1) is 36.3 Å². The highest BCUT2D eigenvalue weighted by molar-refractivity contribution is 7.99. The van der Waals surface area contributed by atoms with Crippen LogP contribution >= 0.6 is 11.8 Å². The van der Waals surface area contributed by atoms with Crippen molar-refractivity contribution in [2.45, 2.75) is 18.9 Å². The molecule has 1 amide bonds. The monoisotopic (exact) mass is 461 g/mol. The first-order valence-electron chi connectivity index (χ1n) is 10.2. The van der Waals surface area contributed by atoms with Crippen LogP contribution in [0.2, 0.25) is 0 Å². The summed E-state index contributed by atoms with van der Waals surface area (Å²) in [5.74, 6) is -0.125. The Morgan fingerprint density at radius 3 is 2.42 bits per heavy atom. The van der Waals surface area contributed by atoms with Crippen LogP contribution in [0.5, 0.6) is 5.75 Å². The molecule has 0 radical (unpaired) electrons. The third-order valence-electron chi connectivity index (χ3n) is 4.73. The minimum absolute atomic E-state index is 0.00652. The molecule has 8 heteroatoms. The molecule has 168 valence electrons.